The second kappa shape index (κ2) is 5.13. The zero-order chi connectivity index (χ0) is 13.1. The van der Waals surface area contributed by atoms with Gasteiger partial charge in [0.15, 0.2) is 0 Å². The Kier molecular flexibility index (Phi) is 3.56. The molecule has 0 bridgehead atoms. The number of halogens is 2. The number of carbonyl (C=O) groups excluding carboxylic acids is 1. The molecule has 94 valence electrons. The van der Waals surface area contributed by atoms with Crippen LogP contribution in [0.2, 0.25) is 0 Å². The van der Waals surface area contributed by atoms with E-state index in [4.69, 9.17) is 4.74 Å². The lowest BCUT2D eigenvalue weighted by atomic mass is 10.2. The highest BCUT2D eigenvalue weighted by molar-refractivity contribution is 9.10. The third-order valence-electron chi connectivity index (χ3n) is 2.08. The van der Waals surface area contributed by atoms with Crippen molar-refractivity contribution in [2.45, 2.75) is 0 Å². The topological polar surface area (TPSA) is 79.9 Å². The second-order valence-corrected chi connectivity index (χ2v) is 4.08. The quantitative estimate of drug-likeness (QED) is 0.907. The number of benzene rings is 1. The maximum absolute atomic E-state index is 13.6. The predicted molar refractivity (Wildman–Crippen MR) is 65.0 cm³/mol. The first-order chi connectivity index (χ1) is 8.61. The molecule has 0 aliphatic heterocycles. The van der Waals surface area contributed by atoms with Gasteiger partial charge in [-0.1, -0.05) is 6.07 Å². The fourth-order valence-corrected chi connectivity index (χ4v) is 1.61. The Labute approximate surface area is 110 Å². The molecule has 1 amide bonds. The van der Waals surface area contributed by atoms with Crippen molar-refractivity contribution < 1.29 is 13.9 Å². The van der Waals surface area contributed by atoms with E-state index in [-0.39, 0.29) is 22.0 Å². The van der Waals surface area contributed by atoms with Crippen molar-refractivity contribution in [1.82, 2.24) is 15.2 Å². The molecule has 0 saturated heterocycles. The highest BCUT2D eigenvalue weighted by Crippen LogP contribution is 2.19. The normalized spacial score (nSPS) is 10.2. The average Bonchev–Trinajstić information content (AvgIpc) is 2.80. The number of methoxy groups -OCH3 is 1. The van der Waals surface area contributed by atoms with Crippen molar-refractivity contribution in [3.63, 3.8) is 0 Å². The molecule has 1 aromatic heterocycles. The van der Waals surface area contributed by atoms with Crippen molar-refractivity contribution in [2.24, 2.45) is 0 Å². The lowest BCUT2D eigenvalue weighted by Crippen LogP contribution is -2.15. The van der Waals surface area contributed by atoms with Crippen LogP contribution >= 0.6 is 15.9 Å². The molecular weight excluding hydrogens is 307 g/mol. The van der Waals surface area contributed by atoms with Gasteiger partial charge < -0.3 is 4.74 Å². The van der Waals surface area contributed by atoms with E-state index in [2.05, 4.69) is 36.4 Å². The third-order valence-corrected chi connectivity index (χ3v) is 2.69. The van der Waals surface area contributed by atoms with E-state index < -0.39 is 11.7 Å². The lowest BCUT2D eigenvalue weighted by Gasteiger charge is -2.03. The molecule has 1 heterocycles. The molecule has 0 spiro atoms. The van der Waals surface area contributed by atoms with Crippen LogP contribution in [-0.4, -0.2) is 28.2 Å². The van der Waals surface area contributed by atoms with Gasteiger partial charge >= 0.3 is 6.01 Å². The minimum Gasteiger partial charge on any atom is -0.466 e. The van der Waals surface area contributed by atoms with E-state index in [9.17, 15) is 9.18 Å². The number of hydrogen-bond donors (Lipinski definition) is 2. The maximum atomic E-state index is 13.6. The number of rotatable bonds is 3. The third kappa shape index (κ3) is 2.48. The molecule has 2 aromatic rings. The van der Waals surface area contributed by atoms with Gasteiger partial charge in [0, 0.05) is 0 Å². The number of anilines is 1. The summed E-state index contributed by atoms with van der Waals surface area (Å²) in [5, 5.41) is 8.46. The summed E-state index contributed by atoms with van der Waals surface area (Å²) in [5.74, 6) is -1.19. The van der Waals surface area contributed by atoms with Gasteiger partial charge in [-0.05, 0) is 28.1 Å². The molecule has 2 rings (SSSR count). The van der Waals surface area contributed by atoms with Crippen LogP contribution < -0.4 is 10.1 Å². The number of amides is 1. The molecule has 0 saturated carbocycles. The summed E-state index contributed by atoms with van der Waals surface area (Å²) in [4.78, 5) is 15.6. The van der Waals surface area contributed by atoms with E-state index in [1.54, 1.807) is 6.07 Å². The Morgan fingerprint density at radius 2 is 2.33 bits per heavy atom. The predicted octanol–water partition coefficient (Wildman–Crippen LogP) is 1.97. The summed E-state index contributed by atoms with van der Waals surface area (Å²) in [6.45, 7) is 0. The van der Waals surface area contributed by atoms with Gasteiger partial charge in [0.1, 0.15) is 5.82 Å². The van der Waals surface area contributed by atoms with Crippen LogP contribution in [-0.2, 0) is 0 Å². The highest BCUT2D eigenvalue weighted by Gasteiger charge is 2.15. The molecular formula is C10H8BrFN4O2. The first-order valence-electron chi connectivity index (χ1n) is 4.83. The van der Waals surface area contributed by atoms with Crippen molar-refractivity contribution in [1.29, 1.82) is 0 Å². The van der Waals surface area contributed by atoms with Crippen molar-refractivity contribution in [3.8, 4) is 6.01 Å². The molecule has 18 heavy (non-hydrogen) atoms. The first kappa shape index (κ1) is 12.5. The van der Waals surface area contributed by atoms with Crippen molar-refractivity contribution in [3.05, 3.63) is 34.1 Å². The summed E-state index contributed by atoms with van der Waals surface area (Å²) in [6, 6.07) is 4.51. The summed E-state index contributed by atoms with van der Waals surface area (Å²) in [6.07, 6.45) is 0. The fourth-order valence-electron chi connectivity index (χ4n) is 1.25. The molecule has 1 aromatic carbocycles. The van der Waals surface area contributed by atoms with Crippen LogP contribution in [0.25, 0.3) is 0 Å². The molecule has 0 fully saturated rings. The molecule has 0 radical (unpaired) electrons. The number of aromatic amines is 1. The summed E-state index contributed by atoms with van der Waals surface area (Å²) in [5.41, 5.74) is -0.0975. The van der Waals surface area contributed by atoms with Crippen LogP contribution in [0.5, 0.6) is 6.01 Å². The van der Waals surface area contributed by atoms with Gasteiger partial charge in [0.25, 0.3) is 5.91 Å². The standard InChI is InChI=1S/C10H8BrFN4O2/c1-18-10-14-9(15-16-10)13-8(17)5-3-2-4-6(11)7(5)12/h2-4H,1H3,(H2,13,14,15,16,17). The van der Waals surface area contributed by atoms with E-state index in [1.165, 1.54) is 19.2 Å². The molecule has 6 nitrogen and oxygen atoms in total. The lowest BCUT2D eigenvalue weighted by molar-refractivity contribution is 0.102. The summed E-state index contributed by atoms with van der Waals surface area (Å²) in [7, 11) is 1.39. The molecule has 0 aliphatic carbocycles. The van der Waals surface area contributed by atoms with Crippen LogP contribution in [0.15, 0.2) is 22.7 Å². The minimum atomic E-state index is -0.638. The maximum Gasteiger partial charge on any atom is 0.336 e. The molecule has 8 heteroatoms. The highest BCUT2D eigenvalue weighted by atomic mass is 79.9. The van der Waals surface area contributed by atoms with Gasteiger partial charge in [-0.15, -0.1) is 5.10 Å². The van der Waals surface area contributed by atoms with Crippen molar-refractivity contribution >= 4 is 27.8 Å². The zero-order valence-electron chi connectivity index (χ0n) is 9.20. The number of H-pyrrole nitrogens is 1. The number of nitrogens with one attached hydrogen (secondary N) is 2. The Hall–Kier alpha value is -1.96. The number of ether oxygens (including phenoxy) is 1. The van der Waals surface area contributed by atoms with E-state index in [0.29, 0.717) is 0 Å². The Bertz CT molecular complexity index is 587. The number of aromatic nitrogens is 3. The van der Waals surface area contributed by atoms with Crippen molar-refractivity contribution in [2.75, 3.05) is 12.4 Å². The average molecular weight is 315 g/mol. The minimum absolute atomic E-state index is 0.0798. The molecule has 0 aliphatic rings. The van der Waals surface area contributed by atoms with Gasteiger partial charge in [0.2, 0.25) is 5.95 Å². The smallest absolute Gasteiger partial charge is 0.336 e. The summed E-state index contributed by atoms with van der Waals surface area (Å²) < 4.78 is 18.6. The van der Waals surface area contributed by atoms with Gasteiger partial charge in [0.05, 0.1) is 17.1 Å². The van der Waals surface area contributed by atoms with E-state index in [1.807, 2.05) is 0 Å². The Balaban J connectivity index is 2.19. The molecule has 0 unspecified atom stereocenters. The molecule has 2 N–H and O–H groups in total. The fraction of sp³-hybridized carbons (Fsp3) is 0.100. The summed E-state index contributed by atoms with van der Waals surface area (Å²) >= 11 is 3.00. The SMILES string of the molecule is COc1n[nH]c(NC(=O)c2cccc(Br)c2F)n1. The largest absolute Gasteiger partial charge is 0.466 e. The number of nitrogens with zero attached hydrogens (tertiary/aromatic N) is 2. The van der Waals surface area contributed by atoms with Gasteiger partial charge in [-0.25, -0.2) is 9.49 Å². The van der Waals surface area contributed by atoms with Gasteiger partial charge in [-0.3, -0.25) is 10.1 Å². The zero-order valence-corrected chi connectivity index (χ0v) is 10.8. The Morgan fingerprint density at radius 3 is 3.00 bits per heavy atom. The van der Waals surface area contributed by atoms with Crippen LogP contribution in [0.3, 0.4) is 0 Å². The van der Waals surface area contributed by atoms with Crippen LogP contribution in [0.1, 0.15) is 10.4 Å². The number of hydrogen-bond acceptors (Lipinski definition) is 4. The van der Waals surface area contributed by atoms with Gasteiger partial charge in [-0.2, -0.15) is 4.98 Å². The van der Waals surface area contributed by atoms with E-state index in [0.717, 1.165) is 0 Å². The molecule has 0 atom stereocenters. The van der Waals surface area contributed by atoms with Crippen LogP contribution in [0.4, 0.5) is 10.3 Å². The van der Waals surface area contributed by atoms with E-state index >= 15 is 0 Å². The first-order valence-corrected chi connectivity index (χ1v) is 5.63. The number of carbonyl (C=O) groups is 1. The monoisotopic (exact) mass is 314 g/mol. The second-order valence-electron chi connectivity index (χ2n) is 3.23. The van der Waals surface area contributed by atoms with Crippen LogP contribution in [0, 0.1) is 5.82 Å². The Morgan fingerprint density at radius 1 is 1.56 bits per heavy atom.